The minimum Gasteiger partial charge on any atom is -0.374 e. The topological polar surface area (TPSA) is 51.8 Å². The van der Waals surface area contributed by atoms with Crippen molar-refractivity contribution in [2.75, 3.05) is 5.73 Å². The molecule has 0 atom stereocenters. The van der Waals surface area contributed by atoms with E-state index in [1.165, 1.54) is 0 Å². The lowest BCUT2D eigenvalue weighted by molar-refractivity contribution is -0.137. The number of nitrogens with zero attached hydrogens (tertiary/aromatic N) is 2. The third-order valence-electron chi connectivity index (χ3n) is 2.12. The monoisotopic (exact) mass is 277 g/mol. The zero-order valence-electron chi connectivity index (χ0n) is 8.83. The minimum atomic E-state index is -4.57. The van der Waals surface area contributed by atoms with Crippen LogP contribution in [-0.4, -0.2) is 10.2 Å². The molecular weight excluding hydrogens is 270 g/mol. The first-order valence-corrected chi connectivity index (χ1v) is 5.61. The Balaban J connectivity index is 2.31. The summed E-state index contributed by atoms with van der Waals surface area (Å²) in [5.74, 6) is -0.933. The molecule has 2 rings (SSSR count). The molecule has 0 fully saturated rings. The normalized spacial score (nSPS) is 11.8. The van der Waals surface area contributed by atoms with Crippen molar-refractivity contribution in [2.45, 2.75) is 12.6 Å². The Bertz CT molecular complexity index is 564. The Hall–Kier alpha value is -1.70. The molecular formula is C10H7F4N3S. The summed E-state index contributed by atoms with van der Waals surface area (Å²) in [5.41, 5.74) is 4.51. The van der Waals surface area contributed by atoms with Crippen LogP contribution in [0.15, 0.2) is 18.2 Å². The molecule has 1 aromatic carbocycles. The Morgan fingerprint density at radius 1 is 1.17 bits per heavy atom. The molecule has 0 amide bonds. The lowest BCUT2D eigenvalue weighted by Crippen LogP contribution is -2.06. The lowest BCUT2D eigenvalue weighted by Gasteiger charge is -2.08. The van der Waals surface area contributed by atoms with E-state index in [1.54, 1.807) is 0 Å². The summed E-state index contributed by atoms with van der Waals surface area (Å²) >= 11 is 1.05. The Morgan fingerprint density at radius 3 is 2.44 bits per heavy atom. The Morgan fingerprint density at radius 2 is 1.89 bits per heavy atom. The van der Waals surface area contributed by atoms with Crippen molar-refractivity contribution in [2.24, 2.45) is 0 Å². The summed E-state index contributed by atoms with van der Waals surface area (Å²) in [7, 11) is 0. The number of hydrogen-bond acceptors (Lipinski definition) is 4. The van der Waals surface area contributed by atoms with Crippen LogP contribution >= 0.6 is 11.3 Å². The zero-order chi connectivity index (χ0) is 13.3. The predicted molar refractivity (Wildman–Crippen MR) is 58.5 cm³/mol. The second kappa shape index (κ2) is 4.52. The van der Waals surface area contributed by atoms with Gasteiger partial charge in [0, 0.05) is 6.42 Å². The molecule has 0 saturated carbocycles. The van der Waals surface area contributed by atoms with Crippen molar-refractivity contribution in [3.05, 3.63) is 40.2 Å². The van der Waals surface area contributed by atoms with Crippen molar-refractivity contribution >= 4 is 16.5 Å². The van der Waals surface area contributed by atoms with E-state index in [0.717, 1.165) is 23.5 Å². The fourth-order valence-corrected chi connectivity index (χ4v) is 2.07. The van der Waals surface area contributed by atoms with Gasteiger partial charge in [-0.15, -0.1) is 10.2 Å². The number of nitrogens with two attached hydrogens (primary N) is 1. The molecule has 1 heterocycles. The van der Waals surface area contributed by atoms with Crippen molar-refractivity contribution < 1.29 is 17.6 Å². The van der Waals surface area contributed by atoms with Crippen molar-refractivity contribution in [3.8, 4) is 0 Å². The van der Waals surface area contributed by atoms with E-state index < -0.39 is 17.6 Å². The quantitative estimate of drug-likeness (QED) is 0.859. The second-order valence-electron chi connectivity index (χ2n) is 3.56. The summed E-state index contributed by atoms with van der Waals surface area (Å²) in [6, 6.07) is 2.38. The van der Waals surface area contributed by atoms with Crippen LogP contribution < -0.4 is 5.73 Å². The van der Waals surface area contributed by atoms with Crippen LogP contribution in [0.2, 0.25) is 0 Å². The standard InChI is InChI=1S/C10H7F4N3S/c11-7-2-5(1-6(4-7)10(12,13)14)3-8-16-17-9(15)18-8/h1-2,4H,3H2,(H2,15,17). The van der Waals surface area contributed by atoms with Gasteiger partial charge in [0.15, 0.2) is 0 Å². The predicted octanol–water partition coefficient (Wildman–Crippen LogP) is 2.87. The van der Waals surface area contributed by atoms with Gasteiger partial charge in [0.05, 0.1) is 5.56 Å². The van der Waals surface area contributed by atoms with Crippen LogP contribution in [0.1, 0.15) is 16.1 Å². The minimum absolute atomic E-state index is 0.0652. The fourth-order valence-electron chi connectivity index (χ4n) is 1.43. The van der Waals surface area contributed by atoms with E-state index in [-0.39, 0.29) is 17.1 Å². The second-order valence-corrected chi connectivity index (χ2v) is 4.65. The third kappa shape index (κ3) is 2.95. The molecule has 0 saturated heterocycles. The van der Waals surface area contributed by atoms with Crippen LogP contribution in [0.3, 0.4) is 0 Å². The first-order chi connectivity index (χ1) is 8.34. The highest BCUT2D eigenvalue weighted by atomic mass is 32.1. The number of benzene rings is 1. The van der Waals surface area contributed by atoms with Gasteiger partial charge >= 0.3 is 6.18 Å². The molecule has 2 N–H and O–H groups in total. The van der Waals surface area contributed by atoms with E-state index in [0.29, 0.717) is 11.1 Å². The molecule has 18 heavy (non-hydrogen) atoms. The summed E-state index contributed by atoms with van der Waals surface area (Å²) in [5, 5.41) is 7.87. The zero-order valence-corrected chi connectivity index (χ0v) is 9.65. The molecule has 1 aromatic heterocycles. The van der Waals surface area contributed by atoms with Gasteiger partial charge in [0.1, 0.15) is 10.8 Å². The van der Waals surface area contributed by atoms with Gasteiger partial charge in [-0.2, -0.15) is 13.2 Å². The average molecular weight is 277 g/mol. The first kappa shape index (κ1) is 12.7. The van der Waals surface area contributed by atoms with Crippen LogP contribution in [0.5, 0.6) is 0 Å². The molecule has 0 spiro atoms. The van der Waals surface area contributed by atoms with Gasteiger partial charge in [-0.25, -0.2) is 4.39 Å². The first-order valence-electron chi connectivity index (χ1n) is 4.79. The average Bonchev–Trinajstić information content (AvgIpc) is 2.61. The number of rotatable bonds is 2. The molecule has 0 aliphatic rings. The molecule has 96 valence electrons. The maximum atomic E-state index is 13.1. The van der Waals surface area contributed by atoms with Gasteiger partial charge in [-0.3, -0.25) is 0 Å². The van der Waals surface area contributed by atoms with E-state index in [4.69, 9.17) is 5.73 Å². The number of hydrogen-bond donors (Lipinski definition) is 1. The van der Waals surface area contributed by atoms with Gasteiger partial charge in [-0.05, 0) is 23.8 Å². The van der Waals surface area contributed by atoms with Gasteiger partial charge in [0.25, 0.3) is 0 Å². The third-order valence-corrected chi connectivity index (χ3v) is 2.88. The van der Waals surface area contributed by atoms with E-state index in [1.807, 2.05) is 0 Å². The summed E-state index contributed by atoms with van der Waals surface area (Å²) in [4.78, 5) is 0. The van der Waals surface area contributed by atoms with Crippen LogP contribution in [0, 0.1) is 5.82 Å². The maximum absolute atomic E-state index is 13.1. The van der Waals surface area contributed by atoms with Crippen LogP contribution in [-0.2, 0) is 12.6 Å². The highest BCUT2D eigenvalue weighted by Gasteiger charge is 2.31. The number of halogens is 4. The highest BCUT2D eigenvalue weighted by Crippen LogP contribution is 2.31. The maximum Gasteiger partial charge on any atom is 0.416 e. The SMILES string of the molecule is Nc1nnc(Cc2cc(F)cc(C(F)(F)F)c2)s1. The number of nitrogen functional groups attached to an aromatic ring is 1. The van der Waals surface area contributed by atoms with E-state index >= 15 is 0 Å². The molecule has 0 unspecified atom stereocenters. The largest absolute Gasteiger partial charge is 0.416 e. The van der Waals surface area contributed by atoms with E-state index in [2.05, 4.69) is 10.2 Å². The molecule has 0 radical (unpaired) electrons. The molecule has 0 aliphatic heterocycles. The summed E-state index contributed by atoms with van der Waals surface area (Å²) < 4.78 is 50.5. The fraction of sp³-hybridized carbons (Fsp3) is 0.200. The van der Waals surface area contributed by atoms with Gasteiger partial charge in [0.2, 0.25) is 5.13 Å². The van der Waals surface area contributed by atoms with Crippen LogP contribution in [0.4, 0.5) is 22.7 Å². The molecule has 2 aromatic rings. The van der Waals surface area contributed by atoms with Crippen molar-refractivity contribution in [1.29, 1.82) is 0 Å². The Labute approximate surface area is 103 Å². The molecule has 8 heteroatoms. The lowest BCUT2D eigenvalue weighted by atomic mass is 10.1. The van der Waals surface area contributed by atoms with Crippen molar-refractivity contribution in [1.82, 2.24) is 10.2 Å². The summed E-state index contributed by atoms with van der Waals surface area (Å²) in [6.07, 6.45) is -4.51. The van der Waals surface area contributed by atoms with Gasteiger partial charge < -0.3 is 5.73 Å². The summed E-state index contributed by atoms with van der Waals surface area (Å²) in [6.45, 7) is 0. The van der Waals surface area contributed by atoms with Crippen molar-refractivity contribution in [3.63, 3.8) is 0 Å². The van der Waals surface area contributed by atoms with Crippen LogP contribution in [0.25, 0.3) is 0 Å². The molecule has 0 bridgehead atoms. The smallest absolute Gasteiger partial charge is 0.374 e. The van der Waals surface area contributed by atoms with Gasteiger partial charge in [-0.1, -0.05) is 11.3 Å². The highest BCUT2D eigenvalue weighted by molar-refractivity contribution is 7.15. The Kier molecular flexibility index (Phi) is 3.20. The number of alkyl halides is 3. The molecule has 0 aliphatic carbocycles. The molecule has 3 nitrogen and oxygen atoms in total. The van der Waals surface area contributed by atoms with E-state index in [9.17, 15) is 17.6 Å². The number of aromatic nitrogens is 2. The number of anilines is 1.